The van der Waals surface area contributed by atoms with Crippen molar-refractivity contribution in [2.75, 3.05) is 4.72 Å². The molecule has 22 heavy (non-hydrogen) atoms. The lowest BCUT2D eigenvalue weighted by Gasteiger charge is -2.12. The largest absolute Gasteiger partial charge is 0.478 e. The molecule has 0 radical (unpaired) electrons. The van der Waals surface area contributed by atoms with Gasteiger partial charge in [0.1, 0.15) is 0 Å². The van der Waals surface area contributed by atoms with Crippen LogP contribution < -0.4 is 4.72 Å². The highest BCUT2D eigenvalue weighted by Crippen LogP contribution is 2.23. The number of rotatable bonds is 4. The number of benzene rings is 2. The van der Waals surface area contributed by atoms with Gasteiger partial charge in [-0.05, 0) is 42.8 Å². The topological polar surface area (TPSA) is 107 Å². The third-order valence-corrected chi connectivity index (χ3v) is 4.45. The Bertz CT molecular complexity index is 883. The molecule has 0 atom stereocenters. The molecule has 0 amide bonds. The highest BCUT2D eigenvalue weighted by Gasteiger charge is 2.18. The van der Waals surface area contributed by atoms with Gasteiger partial charge in [0.15, 0.2) is 0 Å². The summed E-state index contributed by atoms with van der Waals surface area (Å²) < 4.78 is 27.0. The van der Waals surface area contributed by atoms with Crippen molar-refractivity contribution in [3.63, 3.8) is 0 Å². The second-order valence-electron chi connectivity index (χ2n) is 4.53. The van der Waals surface area contributed by atoms with E-state index in [1.54, 1.807) is 0 Å². The molecule has 0 aliphatic carbocycles. The predicted molar refractivity (Wildman–Crippen MR) is 80.1 cm³/mol. The van der Waals surface area contributed by atoms with Crippen molar-refractivity contribution < 1.29 is 18.3 Å². The highest BCUT2D eigenvalue weighted by molar-refractivity contribution is 7.92. The molecule has 2 aromatic carbocycles. The summed E-state index contributed by atoms with van der Waals surface area (Å²) in [6.07, 6.45) is 0. The first-order valence-electron chi connectivity index (χ1n) is 6.21. The van der Waals surface area contributed by atoms with Crippen LogP contribution in [0.1, 0.15) is 21.5 Å². The maximum absolute atomic E-state index is 12.3. The lowest BCUT2D eigenvalue weighted by Crippen LogP contribution is -2.15. The summed E-state index contributed by atoms with van der Waals surface area (Å²) in [4.78, 5) is 11.0. The minimum absolute atomic E-state index is 0.0194. The average Bonchev–Trinajstić information content (AvgIpc) is 2.49. The smallest absolute Gasteiger partial charge is 0.336 e. The van der Waals surface area contributed by atoms with Crippen LogP contribution in [0, 0.1) is 18.3 Å². The van der Waals surface area contributed by atoms with Crippen molar-refractivity contribution in [1.29, 1.82) is 5.26 Å². The number of nitrogens with one attached hydrogen (secondary N) is 1. The summed E-state index contributed by atoms with van der Waals surface area (Å²) in [6.45, 7) is 1.52. The number of hydrogen-bond donors (Lipinski definition) is 2. The van der Waals surface area contributed by atoms with Gasteiger partial charge in [-0.2, -0.15) is 5.26 Å². The van der Waals surface area contributed by atoms with E-state index in [4.69, 9.17) is 10.4 Å². The van der Waals surface area contributed by atoms with Crippen LogP contribution in [0.2, 0.25) is 0 Å². The SMILES string of the molecule is Cc1c(NS(=O)(=O)c2cccc(C#N)c2)cccc1C(=O)O. The zero-order chi connectivity index (χ0) is 16.3. The number of anilines is 1. The molecule has 2 aromatic rings. The molecule has 0 fully saturated rings. The van der Waals surface area contributed by atoms with Gasteiger partial charge in [-0.25, -0.2) is 13.2 Å². The fraction of sp³-hybridized carbons (Fsp3) is 0.0667. The van der Waals surface area contributed by atoms with Crippen LogP contribution in [0.15, 0.2) is 47.4 Å². The molecule has 0 aliphatic heterocycles. The van der Waals surface area contributed by atoms with Gasteiger partial charge in [0, 0.05) is 0 Å². The van der Waals surface area contributed by atoms with Gasteiger partial charge in [0.05, 0.1) is 27.8 Å². The number of nitriles is 1. The molecule has 0 aliphatic rings. The summed E-state index contributed by atoms with van der Waals surface area (Å²) in [5.74, 6) is -1.13. The first-order valence-corrected chi connectivity index (χ1v) is 7.69. The van der Waals surface area contributed by atoms with Gasteiger partial charge >= 0.3 is 5.97 Å². The molecular weight excluding hydrogens is 304 g/mol. The summed E-state index contributed by atoms with van der Waals surface area (Å²) in [7, 11) is -3.90. The molecular formula is C15H12N2O4S. The van der Waals surface area contributed by atoms with E-state index in [1.165, 1.54) is 49.4 Å². The third kappa shape index (κ3) is 3.07. The Labute approximate surface area is 127 Å². The summed E-state index contributed by atoms with van der Waals surface area (Å²) in [6, 6.07) is 11.8. The zero-order valence-corrected chi connectivity index (χ0v) is 12.4. The molecule has 0 spiro atoms. The van der Waals surface area contributed by atoms with E-state index >= 15 is 0 Å². The fourth-order valence-corrected chi connectivity index (χ4v) is 3.08. The fourth-order valence-electron chi connectivity index (χ4n) is 1.91. The van der Waals surface area contributed by atoms with Gasteiger partial charge in [-0.1, -0.05) is 12.1 Å². The lowest BCUT2D eigenvalue weighted by atomic mass is 10.1. The Morgan fingerprint density at radius 2 is 1.91 bits per heavy atom. The van der Waals surface area contributed by atoms with Crippen molar-refractivity contribution in [3.8, 4) is 6.07 Å². The van der Waals surface area contributed by atoms with Crippen LogP contribution in [0.5, 0.6) is 0 Å². The minimum atomic E-state index is -3.90. The van der Waals surface area contributed by atoms with Gasteiger partial charge < -0.3 is 5.11 Å². The standard InChI is InChI=1S/C15H12N2O4S/c1-10-13(15(18)19)6-3-7-14(10)17-22(20,21)12-5-2-4-11(8-12)9-16/h2-8,17H,1H3,(H,18,19). The number of sulfonamides is 1. The van der Waals surface area contributed by atoms with Crippen molar-refractivity contribution in [3.05, 3.63) is 59.2 Å². The van der Waals surface area contributed by atoms with E-state index in [-0.39, 0.29) is 21.7 Å². The van der Waals surface area contributed by atoms with E-state index in [2.05, 4.69) is 4.72 Å². The molecule has 0 unspecified atom stereocenters. The van der Waals surface area contributed by atoms with Crippen LogP contribution in [-0.2, 0) is 10.0 Å². The molecule has 112 valence electrons. The summed E-state index contributed by atoms with van der Waals surface area (Å²) in [5.41, 5.74) is 0.738. The molecule has 0 saturated heterocycles. The zero-order valence-electron chi connectivity index (χ0n) is 11.6. The molecule has 2 N–H and O–H groups in total. The Morgan fingerprint density at radius 1 is 1.23 bits per heavy atom. The average molecular weight is 316 g/mol. The maximum atomic E-state index is 12.3. The van der Waals surface area contributed by atoms with Crippen LogP contribution in [-0.4, -0.2) is 19.5 Å². The Balaban J connectivity index is 2.44. The first-order chi connectivity index (χ1) is 10.3. The second kappa shape index (κ2) is 5.87. The predicted octanol–water partition coefficient (Wildman–Crippen LogP) is 2.37. The summed E-state index contributed by atoms with van der Waals surface area (Å²) in [5, 5.41) is 17.9. The molecule has 0 bridgehead atoms. The lowest BCUT2D eigenvalue weighted by molar-refractivity contribution is 0.0696. The number of carboxylic acids is 1. The Kier molecular flexibility index (Phi) is 4.15. The van der Waals surface area contributed by atoms with Gasteiger partial charge in [-0.15, -0.1) is 0 Å². The normalized spacial score (nSPS) is 10.7. The molecule has 6 nitrogen and oxygen atoms in total. The Hall–Kier alpha value is -2.85. The maximum Gasteiger partial charge on any atom is 0.336 e. The van der Waals surface area contributed by atoms with Crippen LogP contribution in [0.25, 0.3) is 0 Å². The monoisotopic (exact) mass is 316 g/mol. The van der Waals surface area contributed by atoms with Crippen molar-refractivity contribution in [2.45, 2.75) is 11.8 Å². The van der Waals surface area contributed by atoms with Gasteiger partial charge in [0.25, 0.3) is 10.0 Å². The number of aromatic carboxylic acids is 1. The van der Waals surface area contributed by atoms with E-state index in [0.717, 1.165) is 0 Å². The number of carboxylic acid groups (broad SMARTS) is 1. The molecule has 7 heteroatoms. The minimum Gasteiger partial charge on any atom is -0.478 e. The molecule has 0 aromatic heterocycles. The van der Waals surface area contributed by atoms with Crippen LogP contribution >= 0.6 is 0 Å². The first kappa shape index (κ1) is 15.5. The molecule has 0 saturated carbocycles. The van der Waals surface area contributed by atoms with E-state index < -0.39 is 16.0 Å². The van der Waals surface area contributed by atoms with E-state index in [9.17, 15) is 13.2 Å². The van der Waals surface area contributed by atoms with E-state index in [1.807, 2.05) is 6.07 Å². The van der Waals surface area contributed by atoms with Gasteiger partial charge in [-0.3, -0.25) is 4.72 Å². The summed E-state index contributed by atoms with van der Waals surface area (Å²) >= 11 is 0. The van der Waals surface area contributed by atoms with Gasteiger partial charge in [0.2, 0.25) is 0 Å². The van der Waals surface area contributed by atoms with Crippen molar-refractivity contribution in [1.82, 2.24) is 0 Å². The van der Waals surface area contributed by atoms with Crippen molar-refractivity contribution in [2.24, 2.45) is 0 Å². The third-order valence-electron chi connectivity index (χ3n) is 3.08. The molecule has 2 rings (SSSR count). The number of nitrogens with zero attached hydrogens (tertiary/aromatic N) is 1. The van der Waals surface area contributed by atoms with E-state index in [0.29, 0.717) is 5.56 Å². The molecule has 0 heterocycles. The number of hydrogen-bond acceptors (Lipinski definition) is 4. The number of carbonyl (C=O) groups is 1. The van der Waals surface area contributed by atoms with Crippen molar-refractivity contribution >= 4 is 21.7 Å². The highest BCUT2D eigenvalue weighted by atomic mass is 32.2. The quantitative estimate of drug-likeness (QED) is 0.900. The van der Waals surface area contributed by atoms with Crippen LogP contribution in [0.4, 0.5) is 5.69 Å². The second-order valence-corrected chi connectivity index (χ2v) is 6.21. The van der Waals surface area contributed by atoms with Crippen LogP contribution in [0.3, 0.4) is 0 Å². The Morgan fingerprint density at radius 3 is 2.55 bits per heavy atom.